The summed E-state index contributed by atoms with van der Waals surface area (Å²) in [5, 5.41) is 2.45. The lowest BCUT2D eigenvalue weighted by atomic mass is 10.1. The predicted octanol–water partition coefficient (Wildman–Crippen LogP) is 2.98. The van der Waals surface area contributed by atoms with Crippen LogP contribution in [0.1, 0.15) is 29.8 Å². The number of ketones is 1. The Bertz CT molecular complexity index is 782. The lowest BCUT2D eigenvalue weighted by Crippen LogP contribution is -2.31. The Morgan fingerprint density at radius 3 is 2.08 bits per heavy atom. The highest BCUT2D eigenvalue weighted by Gasteiger charge is 2.22. The molecule has 0 aromatic heterocycles. The first-order chi connectivity index (χ1) is 12.0. The van der Waals surface area contributed by atoms with E-state index >= 15 is 0 Å². The number of carbonyl (C=O) groups excluding carboxylic acids is 3. The van der Waals surface area contributed by atoms with Crippen molar-refractivity contribution in [3.05, 3.63) is 77.5 Å². The zero-order valence-corrected chi connectivity index (χ0v) is 14.1. The SMILES string of the molecule is CC(=O)N/C(=C/c1ccccc1)C(=O)O[C@H](C)C(=O)c1ccccc1. The summed E-state index contributed by atoms with van der Waals surface area (Å²) >= 11 is 0. The third-order valence-electron chi connectivity index (χ3n) is 3.35. The Balaban J connectivity index is 2.15. The largest absolute Gasteiger partial charge is 0.450 e. The minimum atomic E-state index is -0.970. The normalized spacial score (nSPS) is 12.2. The van der Waals surface area contributed by atoms with E-state index in [1.807, 2.05) is 18.2 Å². The zero-order chi connectivity index (χ0) is 18.2. The monoisotopic (exact) mass is 337 g/mol. The van der Waals surface area contributed by atoms with Crippen molar-refractivity contribution in [1.82, 2.24) is 5.32 Å². The fourth-order valence-electron chi connectivity index (χ4n) is 2.17. The standard InChI is InChI=1S/C20H19NO4/c1-14(19(23)17-11-7-4-8-12-17)25-20(24)18(21-15(2)22)13-16-9-5-3-6-10-16/h3-14H,1-2H3,(H,21,22)/b18-13+/t14-/m1/s1. The molecule has 0 bridgehead atoms. The van der Waals surface area contributed by atoms with Crippen LogP contribution in [-0.2, 0) is 14.3 Å². The molecule has 1 amide bonds. The van der Waals surface area contributed by atoms with Crippen LogP contribution in [0.3, 0.4) is 0 Å². The number of ether oxygens (including phenoxy) is 1. The first kappa shape index (κ1) is 18.1. The summed E-state index contributed by atoms with van der Waals surface area (Å²) in [7, 11) is 0. The molecule has 5 nitrogen and oxygen atoms in total. The van der Waals surface area contributed by atoms with E-state index in [0.29, 0.717) is 5.56 Å². The number of esters is 1. The van der Waals surface area contributed by atoms with E-state index < -0.39 is 18.0 Å². The van der Waals surface area contributed by atoms with Crippen LogP contribution in [-0.4, -0.2) is 23.8 Å². The van der Waals surface area contributed by atoms with Gasteiger partial charge in [-0.15, -0.1) is 0 Å². The summed E-state index contributed by atoms with van der Waals surface area (Å²) in [5.74, 6) is -1.48. The fourth-order valence-corrected chi connectivity index (χ4v) is 2.17. The lowest BCUT2D eigenvalue weighted by Gasteiger charge is -2.14. The van der Waals surface area contributed by atoms with E-state index in [2.05, 4.69) is 5.32 Å². The Morgan fingerprint density at radius 2 is 1.52 bits per heavy atom. The highest BCUT2D eigenvalue weighted by Crippen LogP contribution is 2.10. The van der Waals surface area contributed by atoms with Crippen LogP contribution >= 0.6 is 0 Å². The van der Waals surface area contributed by atoms with Crippen LogP contribution in [0.2, 0.25) is 0 Å². The molecule has 0 aliphatic carbocycles. The van der Waals surface area contributed by atoms with E-state index in [-0.39, 0.29) is 11.5 Å². The Kier molecular flexibility index (Phi) is 6.23. The number of amides is 1. The third-order valence-corrected chi connectivity index (χ3v) is 3.35. The van der Waals surface area contributed by atoms with Gasteiger partial charge in [-0.1, -0.05) is 60.7 Å². The molecule has 0 aliphatic rings. The summed E-state index contributed by atoms with van der Waals surface area (Å²) in [5.41, 5.74) is 1.16. The quantitative estimate of drug-likeness (QED) is 0.500. The topological polar surface area (TPSA) is 72.5 Å². The van der Waals surface area contributed by atoms with Gasteiger partial charge in [-0.25, -0.2) is 4.79 Å². The molecule has 1 atom stereocenters. The molecule has 5 heteroatoms. The molecular weight excluding hydrogens is 318 g/mol. The molecular formula is C20H19NO4. The maximum Gasteiger partial charge on any atom is 0.355 e. The minimum Gasteiger partial charge on any atom is -0.450 e. The van der Waals surface area contributed by atoms with Gasteiger partial charge in [0, 0.05) is 12.5 Å². The van der Waals surface area contributed by atoms with Crippen molar-refractivity contribution in [2.24, 2.45) is 0 Å². The highest BCUT2D eigenvalue weighted by atomic mass is 16.5. The predicted molar refractivity (Wildman–Crippen MR) is 94.6 cm³/mol. The second-order valence-electron chi connectivity index (χ2n) is 5.43. The zero-order valence-electron chi connectivity index (χ0n) is 14.1. The average Bonchev–Trinajstić information content (AvgIpc) is 2.61. The number of nitrogens with one attached hydrogen (secondary N) is 1. The molecule has 0 saturated carbocycles. The number of hydrogen-bond donors (Lipinski definition) is 1. The molecule has 0 aliphatic heterocycles. The van der Waals surface area contributed by atoms with Gasteiger partial charge in [0.1, 0.15) is 5.70 Å². The fraction of sp³-hybridized carbons (Fsp3) is 0.150. The van der Waals surface area contributed by atoms with Crippen molar-refractivity contribution < 1.29 is 19.1 Å². The van der Waals surface area contributed by atoms with Crippen LogP contribution in [0.15, 0.2) is 66.4 Å². The number of benzene rings is 2. The van der Waals surface area contributed by atoms with Crippen LogP contribution < -0.4 is 5.32 Å². The van der Waals surface area contributed by atoms with Crippen LogP contribution in [0.4, 0.5) is 0 Å². The molecule has 2 rings (SSSR count). The van der Waals surface area contributed by atoms with Gasteiger partial charge in [-0.05, 0) is 18.6 Å². The van der Waals surface area contributed by atoms with Gasteiger partial charge < -0.3 is 10.1 Å². The Morgan fingerprint density at radius 1 is 0.960 bits per heavy atom. The maximum absolute atomic E-state index is 12.4. The van der Waals surface area contributed by atoms with E-state index in [4.69, 9.17) is 4.74 Å². The number of rotatable bonds is 6. The van der Waals surface area contributed by atoms with E-state index in [9.17, 15) is 14.4 Å². The van der Waals surface area contributed by atoms with Crippen molar-refractivity contribution >= 4 is 23.7 Å². The van der Waals surface area contributed by atoms with E-state index in [0.717, 1.165) is 5.56 Å². The van der Waals surface area contributed by atoms with Crippen LogP contribution in [0, 0.1) is 0 Å². The highest BCUT2D eigenvalue weighted by molar-refractivity contribution is 6.03. The molecule has 0 spiro atoms. The van der Waals surface area contributed by atoms with Gasteiger partial charge in [0.25, 0.3) is 0 Å². The molecule has 0 fully saturated rings. The Labute approximate surface area is 146 Å². The van der Waals surface area contributed by atoms with E-state index in [1.165, 1.54) is 19.9 Å². The van der Waals surface area contributed by atoms with Gasteiger partial charge in [0.15, 0.2) is 6.10 Å². The lowest BCUT2D eigenvalue weighted by molar-refractivity contribution is -0.142. The average molecular weight is 337 g/mol. The first-order valence-electron chi connectivity index (χ1n) is 7.82. The Hall–Kier alpha value is -3.21. The van der Waals surface area contributed by atoms with Gasteiger partial charge in [0.05, 0.1) is 0 Å². The second kappa shape index (κ2) is 8.59. The van der Waals surface area contributed by atoms with Gasteiger partial charge in [-0.3, -0.25) is 9.59 Å². The van der Waals surface area contributed by atoms with Crippen molar-refractivity contribution in [2.75, 3.05) is 0 Å². The number of hydrogen-bond acceptors (Lipinski definition) is 4. The van der Waals surface area contributed by atoms with Crippen LogP contribution in [0.5, 0.6) is 0 Å². The summed E-state index contributed by atoms with van der Waals surface area (Å²) in [4.78, 5) is 36.0. The molecule has 25 heavy (non-hydrogen) atoms. The van der Waals surface area contributed by atoms with Crippen LogP contribution in [0.25, 0.3) is 6.08 Å². The van der Waals surface area contributed by atoms with Crippen molar-refractivity contribution in [3.8, 4) is 0 Å². The smallest absolute Gasteiger partial charge is 0.355 e. The first-order valence-corrected chi connectivity index (χ1v) is 7.82. The van der Waals surface area contributed by atoms with Gasteiger partial charge >= 0.3 is 5.97 Å². The van der Waals surface area contributed by atoms with Gasteiger partial charge in [0.2, 0.25) is 11.7 Å². The summed E-state index contributed by atoms with van der Waals surface area (Å²) in [6.07, 6.45) is 0.534. The maximum atomic E-state index is 12.4. The molecule has 2 aromatic carbocycles. The third kappa shape index (κ3) is 5.42. The molecule has 0 unspecified atom stereocenters. The van der Waals surface area contributed by atoms with Crippen molar-refractivity contribution in [3.63, 3.8) is 0 Å². The molecule has 1 N–H and O–H groups in total. The molecule has 0 saturated heterocycles. The van der Waals surface area contributed by atoms with Gasteiger partial charge in [-0.2, -0.15) is 0 Å². The summed E-state index contributed by atoms with van der Waals surface area (Å²) in [6.45, 7) is 2.80. The van der Waals surface area contributed by atoms with Crippen molar-refractivity contribution in [1.29, 1.82) is 0 Å². The van der Waals surface area contributed by atoms with Crippen molar-refractivity contribution in [2.45, 2.75) is 20.0 Å². The summed E-state index contributed by atoms with van der Waals surface area (Å²) in [6, 6.07) is 17.6. The van der Waals surface area contributed by atoms with E-state index in [1.54, 1.807) is 42.5 Å². The number of carbonyl (C=O) groups is 3. The molecule has 2 aromatic rings. The molecule has 128 valence electrons. The number of Topliss-reactive ketones (excluding diaryl/α,β-unsaturated/α-hetero) is 1. The minimum absolute atomic E-state index is 0.0218. The second-order valence-corrected chi connectivity index (χ2v) is 5.43. The molecule has 0 heterocycles. The summed E-state index contributed by atoms with van der Waals surface area (Å²) < 4.78 is 5.23. The molecule has 0 radical (unpaired) electrons.